The van der Waals surface area contributed by atoms with Crippen molar-refractivity contribution in [3.63, 3.8) is 0 Å². The quantitative estimate of drug-likeness (QED) is 0.852. The first-order valence-electron chi connectivity index (χ1n) is 8.49. The third kappa shape index (κ3) is 3.42. The molecular formula is C20H21N5. The molecule has 0 bridgehead atoms. The molecule has 1 aliphatic rings. The van der Waals surface area contributed by atoms with Gasteiger partial charge in [-0.25, -0.2) is 0 Å². The molecule has 0 aromatic heterocycles. The number of benzene rings is 2. The Morgan fingerprint density at radius 1 is 1.00 bits per heavy atom. The highest BCUT2D eigenvalue weighted by atomic mass is 15.4. The van der Waals surface area contributed by atoms with Crippen LogP contribution < -0.4 is 5.73 Å². The fourth-order valence-electron chi connectivity index (χ4n) is 3.38. The van der Waals surface area contributed by atoms with Crippen LogP contribution in [0.25, 0.3) is 10.8 Å². The maximum absolute atomic E-state index is 9.38. The molecule has 1 aliphatic heterocycles. The minimum atomic E-state index is 0.176. The van der Waals surface area contributed by atoms with Crippen molar-refractivity contribution in [3.8, 4) is 12.1 Å². The van der Waals surface area contributed by atoms with Crippen molar-refractivity contribution in [2.24, 2.45) is 5.73 Å². The van der Waals surface area contributed by atoms with Crippen LogP contribution in [0.1, 0.15) is 12.0 Å². The first-order valence-corrected chi connectivity index (χ1v) is 8.49. The van der Waals surface area contributed by atoms with Crippen LogP contribution in [0.3, 0.4) is 0 Å². The number of fused-ring (bicyclic) bond motifs is 1. The van der Waals surface area contributed by atoms with Crippen LogP contribution in [0, 0.1) is 22.7 Å². The Labute approximate surface area is 148 Å². The molecule has 25 heavy (non-hydrogen) atoms. The Bertz CT molecular complexity index is 850. The average Bonchev–Trinajstić information content (AvgIpc) is 3.04. The van der Waals surface area contributed by atoms with Crippen molar-refractivity contribution in [1.29, 1.82) is 10.5 Å². The van der Waals surface area contributed by atoms with Gasteiger partial charge in [0.05, 0.1) is 0 Å². The van der Waals surface area contributed by atoms with Crippen molar-refractivity contribution < 1.29 is 0 Å². The lowest BCUT2D eigenvalue weighted by Gasteiger charge is -2.25. The van der Waals surface area contributed by atoms with E-state index >= 15 is 0 Å². The van der Waals surface area contributed by atoms with Crippen molar-refractivity contribution in [1.82, 2.24) is 9.80 Å². The van der Waals surface area contributed by atoms with Gasteiger partial charge in [0.2, 0.25) is 0 Å². The molecule has 2 N–H and O–H groups in total. The van der Waals surface area contributed by atoms with Crippen molar-refractivity contribution >= 4 is 10.8 Å². The molecule has 0 saturated carbocycles. The van der Waals surface area contributed by atoms with Crippen LogP contribution >= 0.6 is 0 Å². The van der Waals surface area contributed by atoms with E-state index in [2.05, 4.69) is 52.3 Å². The molecule has 0 atom stereocenters. The molecule has 3 rings (SSSR count). The first kappa shape index (κ1) is 16.8. The Morgan fingerprint density at radius 3 is 2.48 bits per heavy atom. The largest absolute Gasteiger partial charge is 0.355 e. The summed E-state index contributed by atoms with van der Waals surface area (Å²) in [6, 6.07) is 18.7. The topological polar surface area (TPSA) is 80.1 Å². The predicted octanol–water partition coefficient (Wildman–Crippen LogP) is 2.56. The summed E-state index contributed by atoms with van der Waals surface area (Å²) in [7, 11) is 0. The Morgan fingerprint density at radius 2 is 1.72 bits per heavy atom. The third-order valence-corrected chi connectivity index (χ3v) is 4.56. The van der Waals surface area contributed by atoms with E-state index in [1.165, 1.54) is 16.3 Å². The number of rotatable bonds is 5. The Balaban J connectivity index is 1.94. The molecular weight excluding hydrogens is 310 g/mol. The minimum Gasteiger partial charge on any atom is -0.355 e. The summed E-state index contributed by atoms with van der Waals surface area (Å²) in [6.45, 7) is 3.66. The van der Waals surface area contributed by atoms with Crippen molar-refractivity contribution in [2.45, 2.75) is 13.0 Å². The lowest BCUT2D eigenvalue weighted by Crippen LogP contribution is -2.26. The van der Waals surface area contributed by atoms with Gasteiger partial charge in [-0.05, 0) is 29.3 Å². The summed E-state index contributed by atoms with van der Waals surface area (Å²) in [5.74, 6) is 0.742. The molecule has 5 heteroatoms. The Kier molecular flexibility index (Phi) is 5.18. The van der Waals surface area contributed by atoms with Gasteiger partial charge in [-0.3, -0.25) is 0 Å². The second kappa shape index (κ2) is 7.70. The number of nitrogens with two attached hydrogens (primary N) is 1. The second-order valence-electron chi connectivity index (χ2n) is 6.11. The van der Waals surface area contributed by atoms with Crippen LogP contribution in [-0.4, -0.2) is 36.0 Å². The number of nitrogens with zero attached hydrogens (tertiary/aromatic N) is 4. The van der Waals surface area contributed by atoms with Gasteiger partial charge in [0.15, 0.2) is 5.57 Å². The van der Waals surface area contributed by atoms with Gasteiger partial charge in [-0.2, -0.15) is 10.5 Å². The van der Waals surface area contributed by atoms with E-state index in [0.29, 0.717) is 13.1 Å². The zero-order valence-corrected chi connectivity index (χ0v) is 14.2. The smallest absolute Gasteiger partial charge is 0.169 e. The molecule has 5 nitrogen and oxygen atoms in total. The molecule has 1 heterocycles. The molecule has 2 aromatic rings. The predicted molar refractivity (Wildman–Crippen MR) is 97.9 cm³/mol. The van der Waals surface area contributed by atoms with Crippen molar-refractivity contribution in [2.75, 3.05) is 26.2 Å². The normalized spacial score (nSPS) is 13.8. The van der Waals surface area contributed by atoms with Gasteiger partial charge >= 0.3 is 0 Å². The first-order chi connectivity index (χ1) is 12.3. The zero-order chi connectivity index (χ0) is 17.6. The lowest BCUT2D eigenvalue weighted by atomic mass is 10.0. The summed E-state index contributed by atoms with van der Waals surface area (Å²) >= 11 is 0. The molecule has 0 amide bonds. The SMILES string of the molecule is N#CC(C#N)=C1N(CCCN)CCN1Cc1cccc2ccccc12. The zero-order valence-electron chi connectivity index (χ0n) is 14.2. The molecule has 126 valence electrons. The fraction of sp³-hybridized carbons (Fsp3) is 0.300. The van der Waals surface area contributed by atoms with Crippen LogP contribution in [0.5, 0.6) is 0 Å². The molecule has 0 spiro atoms. The summed E-state index contributed by atoms with van der Waals surface area (Å²) in [6.07, 6.45) is 0.843. The van der Waals surface area contributed by atoms with Crippen LogP contribution in [0.2, 0.25) is 0 Å². The minimum absolute atomic E-state index is 0.176. The highest BCUT2D eigenvalue weighted by Gasteiger charge is 2.28. The maximum Gasteiger partial charge on any atom is 0.169 e. The summed E-state index contributed by atoms with van der Waals surface area (Å²) in [5, 5.41) is 21.2. The van der Waals surface area contributed by atoms with E-state index in [0.717, 1.165) is 31.9 Å². The summed E-state index contributed by atoms with van der Waals surface area (Å²) in [5.41, 5.74) is 7.00. The third-order valence-electron chi connectivity index (χ3n) is 4.56. The van der Waals surface area contributed by atoms with Crippen molar-refractivity contribution in [3.05, 3.63) is 59.4 Å². The van der Waals surface area contributed by atoms with E-state index < -0.39 is 0 Å². The Hall–Kier alpha value is -3.02. The summed E-state index contributed by atoms with van der Waals surface area (Å²) < 4.78 is 0. The maximum atomic E-state index is 9.38. The second-order valence-corrected chi connectivity index (χ2v) is 6.11. The highest BCUT2D eigenvalue weighted by Crippen LogP contribution is 2.27. The van der Waals surface area contributed by atoms with Gasteiger partial charge in [0, 0.05) is 26.2 Å². The summed E-state index contributed by atoms with van der Waals surface area (Å²) in [4.78, 5) is 4.25. The molecule has 1 saturated heterocycles. The van der Waals surface area contributed by atoms with Gasteiger partial charge in [-0.1, -0.05) is 42.5 Å². The van der Waals surface area contributed by atoms with Gasteiger partial charge < -0.3 is 15.5 Å². The molecule has 0 radical (unpaired) electrons. The van der Waals surface area contributed by atoms with Gasteiger partial charge in [-0.15, -0.1) is 0 Å². The van der Waals surface area contributed by atoms with Crippen LogP contribution in [0.4, 0.5) is 0 Å². The molecule has 0 unspecified atom stereocenters. The number of nitriles is 2. The van der Waals surface area contributed by atoms with E-state index in [-0.39, 0.29) is 5.57 Å². The highest BCUT2D eigenvalue weighted by molar-refractivity contribution is 5.85. The standard InChI is InChI=1S/C20H21N5/c21-9-4-10-24-11-12-25(20(24)18(13-22)14-23)15-17-7-3-6-16-5-1-2-8-19(16)17/h1-3,5-8H,4,9-12,15,21H2. The van der Waals surface area contributed by atoms with Gasteiger partial charge in [0.1, 0.15) is 18.0 Å². The number of hydrogen-bond acceptors (Lipinski definition) is 5. The van der Waals surface area contributed by atoms with E-state index in [1.54, 1.807) is 0 Å². The number of hydrogen-bond donors (Lipinski definition) is 1. The fourth-order valence-corrected chi connectivity index (χ4v) is 3.38. The monoisotopic (exact) mass is 331 g/mol. The van der Waals surface area contributed by atoms with E-state index in [4.69, 9.17) is 5.73 Å². The lowest BCUT2D eigenvalue weighted by molar-refractivity contribution is 0.327. The molecule has 1 fully saturated rings. The molecule has 0 aliphatic carbocycles. The van der Waals surface area contributed by atoms with E-state index in [1.807, 2.05) is 12.1 Å². The average molecular weight is 331 g/mol. The van der Waals surface area contributed by atoms with E-state index in [9.17, 15) is 10.5 Å². The molecule has 2 aromatic carbocycles. The van der Waals surface area contributed by atoms with Crippen LogP contribution in [0.15, 0.2) is 53.9 Å². The van der Waals surface area contributed by atoms with Crippen LogP contribution in [-0.2, 0) is 6.54 Å². The number of allylic oxidation sites excluding steroid dienone is 1. The van der Waals surface area contributed by atoms with Gasteiger partial charge in [0.25, 0.3) is 0 Å².